The first-order valence-electron chi connectivity index (χ1n) is 7.28. The highest BCUT2D eigenvalue weighted by molar-refractivity contribution is 5.81. The maximum atomic E-state index is 12.3. The normalized spacial score (nSPS) is 11.0. The Morgan fingerprint density at radius 2 is 1.76 bits per heavy atom. The third-order valence-corrected chi connectivity index (χ3v) is 3.98. The van der Waals surface area contributed by atoms with Crippen molar-refractivity contribution < 1.29 is 4.42 Å². The Hall–Kier alpha value is -2.35. The van der Waals surface area contributed by atoms with Crippen molar-refractivity contribution in [3.8, 4) is 0 Å². The Labute approximate surface area is 124 Å². The van der Waals surface area contributed by atoms with E-state index in [2.05, 4.69) is 19.1 Å². The Kier molecular flexibility index (Phi) is 3.61. The summed E-state index contributed by atoms with van der Waals surface area (Å²) >= 11 is 0. The summed E-state index contributed by atoms with van der Waals surface area (Å²) in [5, 5.41) is 1.03. The minimum absolute atomic E-state index is 0.225. The van der Waals surface area contributed by atoms with Gasteiger partial charge in [-0.05, 0) is 36.1 Å². The van der Waals surface area contributed by atoms with Gasteiger partial charge in [-0.1, -0.05) is 49.4 Å². The highest BCUT2D eigenvalue weighted by Gasteiger charge is 2.12. The lowest BCUT2D eigenvalue weighted by Gasteiger charge is -2.09. The summed E-state index contributed by atoms with van der Waals surface area (Å²) in [6.07, 6.45) is 1.55. The molecule has 2 aromatic carbocycles. The van der Waals surface area contributed by atoms with Crippen LogP contribution in [0, 0.1) is 6.92 Å². The van der Waals surface area contributed by atoms with Crippen LogP contribution in [0.1, 0.15) is 29.2 Å². The van der Waals surface area contributed by atoms with Crippen molar-refractivity contribution in [1.29, 1.82) is 0 Å². The lowest BCUT2D eigenvalue weighted by atomic mass is 9.99. The second-order valence-corrected chi connectivity index (χ2v) is 5.34. The van der Waals surface area contributed by atoms with Gasteiger partial charge in [0.1, 0.15) is 5.58 Å². The summed E-state index contributed by atoms with van der Waals surface area (Å²) < 4.78 is 5.53. The predicted molar refractivity (Wildman–Crippen MR) is 85.8 cm³/mol. The van der Waals surface area contributed by atoms with E-state index in [1.165, 1.54) is 5.56 Å². The van der Waals surface area contributed by atoms with Gasteiger partial charge < -0.3 is 4.42 Å². The molecule has 0 radical (unpaired) electrons. The van der Waals surface area contributed by atoms with Gasteiger partial charge in [0.2, 0.25) is 0 Å². The minimum Gasteiger partial charge on any atom is -0.422 e. The van der Waals surface area contributed by atoms with Crippen LogP contribution in [0.25, 0.3) is 11.0 Å². The first-order chi connectivity index (χ1) is 10.2. The van der Waals surface area contributed by atoms with E-state index in [1.54, 1.807) is 0 Å². The molecule has 0 aliphatic rings. The zero-order valence-corrected chi connectivity index (χ0v) is 12.3. The summed E-state index contributed by atoms with van der Waals surface area (Å²) in [6.45, 7) is 4.10. The molecule has 106 valence electrons. The zero-order valence-electron chi connectivity index (χ0n) is 12.3. The van der Waals surface area contributed by atoms with Gasteiger partial charge in [-0.2, -0.15) is 0 Å². The van der Waals surface area contributed by atoms with E-state index in [0.29, 0.717) is 12.0 Å². The molecular formula is C19H18O2. The van der Waals surface area contributed by atoms with E-state index in [1.807, 2.05) is 43.3 Å². The lowest BCUT2D eigenvalue weighted by Crippen LogP contribution is -2.11. The van der Waals surface area contributed by atoms with E-state index in [9.17, 15) is 4.79 Å². The average Bonchev–Trinajstić information content (AvgIpc) is 2.52. The van der Waals surface area contributed by atoms with Gasteiger partial charge in [-0.25, -0.2) is 4.79 Å². The van der Waals surface area contributed by atoms with Gasteiger partial charge in [0.05, 0.1) is 0 Å². The second-order valence-electron chi connectivity index (χ2n) is 5.34. The number of hydrogen-bond donors (Lipinski definition) is 0. The molecule has 2 heteroatoms. The van der Waals surface area contributed by atoms with Crippen LogP contribution in [0.2, 0.25) is 0 Å². The smallest absolute Gasteiger partial charge is 0.340 e. The fraction of sp³-hybridized carbons (Fsp3) is 0.211. The van der Waals surface area contributed by atoms with Crippen molar-refractivity contribution in [3.63, 3.8) is 0 Å². The van der Waals surface area contributed by atoms with Crippen LogP contribution in [0.15, 0.2) is 57.7 Å². The molecule has 3 aromatic rings. The van der Waals surface area contributed by atoms with Crippen LogP contribution in [0.4, 0.5) is 0 Å². The third-order valence-electron chi connectivity index (χ3n) is 3.98. The summed E-state index contributed by atoms with van der Waals surface area (Å²) in [5.74, 6) is 0. The van der Waals surface area contributed by atoms with Gasteiger partial charge >= 0.3 is 5.63 Å². The molecule has 0 saturated heterocycles. The quantitative estimate of drug-likeness (QED) is 0.670. The zero-order chi connectivity index (χ0) is 14.8. The van der Waals surface area contributed by atoms with Crippen LogP contribution in [-0.2, 0) is 12.8 Å². The molecule has 0 bridgehead atoms. The molecular weight excluding hydrogens is 260 g/mol. The van der Waals surface area contributed by atoms with Crippen molar-refractivity contribution in [1.82, 2.24) is 0 Å². The fourth-order valence-corrected chi connectivity index (χ4v) is 2.66. The third kappa shape index (κ3) is 2.62. The molecule has 0 spiro atoms. The summed E-state index contributed by atoms with van der Waals surface area (Å²) in [5.41, 5.74) is 4.54. The standard InChI is InChI=1S/C19H18O2/c1-3-14-9-10-16-13(2)17(19(20)21-18(16)12-14)11-15-7-5-4-6-8-15/h4-10,12H,3,11H2,1-2H3. The van der Waals surface area contributed by atoms with Crippen LogP contribution in [0.5, 0.6) is 0 Å². The monoisotopic (exact) mass is 278 g/mol. The number of benzene rings is 2. The fourth-order valence-electron chi connectivity index (χ4n) is 2.66. The maximum absolute atomic E-state index is 12.3. The van der Waals surface area contributed by atoms with Crippen molar-refractivity contribution in [3.05, 3.63) is 81.2 Å². The molecule has 2 nitrogen and oxygen atoms in total. The van der Waals surface area contributed by atoms with Gasteiger partial charge in [-0.15, -0.1) is 0 Å². The Bertz CT molecular complexity index is 829. The molecule has 0 fully saturated rings. The first-order valence-corrected chi connectivity index (χ1v) is 7.28. The highest BCUT2D eigenvalue weighted by Crippen LogP contribution is 2.22. The molecule has 0 aliphatic heterocycles. The molecule has 0 N–H and O–H groups in total. The van der Waals surface area contributed by atoms with Crippen molar-refractivity contribution in [2.24, 2.45) is 0 Å². The number of fused-ring (bicyclic) bond motifs is 1. The van der Waals surface area contributed by atoms with Gasteiger partial charge in [0.25, 0.3) is 0 Å². The second kappa shape index (κ2) is 5.57. The molecule has 1 heterocycles. The first kappa shape index (κ1) is 13.6. The van der Waals surface area contributed by atoms with E-state index >= 15 is 0 Å². The van der Waals surface area contributed by atoms with Crippen LogP contribution in [-0.4, -0.2) is 0 Å². The molecule has 0 atom stereocenters. The molecule has 0 unspecified atom stereocenters. The molecule has 0 saturated carbocycles. The average molecular weight is 278 g/mol. The molecule has 3 rings (SSSR count). The Morgan fingerprint density at radius 1 is 1.00 bits per heavy atom. The van der Waals surface area contributed by atoms with E-state index < -0.39 is 0 Å². The number of aryl methyl sites for hydroxylation is 2. The predicted octanol–water partition coefficient (Wildman–Crippen LogP) is 4.25. The summed E-state index contributed by atoms with van der Waals surface area (Å²) in [7, 11) is 0. The number of hydrogen-bond acceptors (Lipinski definition) is 2. The lowest BCUT2D eigenvalue weighted by molar-refractivity contribution is 0.550. The largest absolute Gasteiger partial charge is 0.422 e. The topological polar surface area (TPSA) is 30.2 Å². The summed E-state index contributed by atoms with van der Waals surface area (Å²) in [6, 6.07) is 16.1. The Balaban J connectivity index is 2.14. The van der Waals surface area contributed by atoms with E-state index in [0.717, 1.165) is 28.5 Å². The molecule has 0 amide bonds. The molecule has 0 aliphatic carbocycles. The Morgan fingerprint density at radius 3 is 2.48 bits per heavy atom. The van der Waals surface area contributed by atoms with Crippen LogP contribution >= 0.6 is 0 Å². The van der Waals surface area contributed by atoms with Gasteiger partial charge in [0, 0.05) is 17.4 Å². The van der Waals surface area contributed by atoms with Gasteiger partial charge in [0.15, 0.2) is 0 Å². The van der Waals surface area contributed by atoms with E-state index in [4.69, 9.17) is 4.42 Å². The van der Waals surface area contributed by atoms with Crippen LogP contribution in [0.3, 0.4) is 0 Å². The molecule has 21 heavy (non-hydrogen) atoms. The molecule has 1 aromatic heterocycles. The van der Waals surface area contributed by atoms with Crippen molar-refractivity contribution in [2.45, 2.75) is 26.7 Å². The summed E-state index contributed by atoms with van der Waals surface area (Å²) in [4.78, 5) is 12.3. The minimum atomic E-state index is -0.225. The SMILES string of the molecule is CCc1ccc2c(C)c(Cc3ccccc3)c(=O)oc2c1. The maximum Gasteiger partial charge on any atom is 0.340 e. The highest BCUT2D eigenvalue weighted by atomic mass is 16.4. The van der Waals surface area contributed by atoms with Gasteiger partial charge in [-0.3, -0.25) is 0 Å². The van der Waals surface area contributed by atoms with Crippen LogP contribution < -0.4 is 5.63 Å². The van der Waals surface area contributed by atoms with E-state index in [-0.39, 0.29) is 5.63 Å². The van der Waals surface area contributed by atoms with Crippen molar-refractivity contribution in [2.75, 3.05) is 0 Å². The number of rotatable bonds is 3. The van der Waals surface area contributed by atoms with Crippen molar-refractivity contribution >= 4 is 11.0 Å².